The summed E-state index contributed by atoms with van der Waals surface area (Å²) in [6, 6.07) is 0.759. The van der Waals surface area contributed by atoms with Crippen LogP contribution in [0.15, 0.2) is 0 Å². The van der Waals surface area contributed by atoms with Crippen molar-refractivity contribution < 1.29 is 4.79 Å². The fourth-order valence-electron chi connectivity index (χ4n) is 2.98. The molecule has 1 N–H and O–H groups in total. The molecule has 0 aromatic carbocycles. The van der Waals surface area contributed by atoms with Crippen LogP contribution in [0.3, 0.4) is 0 Å². The highest BCUT2D eigenvalue weighted by molar-refractivity contribution is 5.82. The van der Waals surface area contributed by atoms with Crippen molar-refractivity contribution in [2.24, 2.45) is 11.3 Å². The Kier molecular flexibility index (Phi) is 1.99. The Morgan fingerprint density at radius 1 is 1.46 bits per heavy atom. The van der Waals surface area contributed by atoms with Crippen molar-refractivity contribution >= 4 is 5.78 Å². The van der Waals surface area contributed by atoms with Crippen LogP contribution in [0.25, 0.3) is 0 Å². The monoisotopic (exact) mass is 181 g/mol. The second-order valence-corrected chi connectivity index (χ2v) is 5.32. The SMILES string of the molecule is CC(=O)C1NC2CCC(C)(C)C1C2. The number of rotatable bonds is 1. The molecule has 13 heavy (non-hydrogen) atoms. The first-order valence-corrected chi connectivity index (χ1v) is 5.27. The third kappa shape index (κ3) is 1.41. The van der Waals surface area contributed by atoms with E-state index in [-0.39, 0.29) is 6.04 Å². The van der Waals surface area contributed by atoms with Gasteiger partial charge in [-0.05, 0) is 37.5 Å². The molecule has 1 saturated heterocycles. The quantitative estimate of drug-likeness (QED) is 0.667. The van der Waals surface area contributed by atoms with Crippen LogP contribution in [0, 0.1) is 11.3 Å². The van der Waals surface area contributed by atoms with E-state index in [4.69, 9.17) is 0 Å². The number of fused-ring (bicyclic) bond motifs is 2. The zero-order valence-corrected chi connectivity index (χ0v) is 8.76. The van der Waals surface area contributed by atoms with E-state index in [0.717, 1.165) is 0 Å². The molecule has 1 aliphatic carbocycles. The van der Waals surface area contributed by atoms with Crippen LogP contribution in [-0.4, -0.2) is 17.9 Å². The highest BCUT2D eigenvalue weighted by atomic mass is 16.1. The van der Waals surface area contributed by atoms with Crippen molar-refractivity contribution in [3.05, 3.63) is 0 Å². The second kappa shape index (κ2) is 2.81. The van der Waals surface area contributed by atoms with Crippen LogP contribution in [0.4, 0.5) is 0 Å². The van der Waals surface area contributed by atoms with E-state index < -0.39 is 0 Å². The van der Waals surface area contributed by atoms with Gasteiger partial charge in [0.2, 0.25) is 0 Å². The van der Waals surface area contributed by atoms with Crippen LogP contribution in [0.2, 0.25) is 0 Å². The average molecular weight is 181 g/mol. The van der Waals surface area contributed by atoms with E-state index in [0.29, 0.717) is 23.2 Å². The zero-order chi connectivity index (χ0) is 9.64. The summed E-state index contributed by atoms with van der Waals surface area (Å²) in [6.07, 6.45) is 3.71. The predicted octanol–water partition coefficient (Wildman–Crippen LogP) is 1.74. The molecule has 1 heterocycles. The molecule has 0 radical (unpaired) electrons. The van der Waals surface area contributed by atoms with Gasteiger partial charge in [-0.2, -0.15) is 0 Å². The Hall–Kier alpha value is -0.370. The molecular weight excluding hydrogens is 162 g/mol. The van der Waals surface area contributed by atoms with E-state index in [1.807, 2.05) is 0 Å². The van der Waals surface area contributed by atoms with Gasteiger partial charge in [0.25, 0.3) is 0 Å². The summed E-state index contributed by atoms with van der Waals surface area (Å²) < 4.78 is 0. The van der Waals surface area contributed by atoms with Crippen molar-refractivity contribution in [3.8, 4) is 0 Å². The first-order chi connectivity index (χ1) is 6.00. The molecule has 74 valence electrons. The maximum atomic E-state index is 11.4. The highest BCUT2D eigenvalue weighted by Crippen LogP contribution is 2.46. The number of hydrogen-bond acceptors (Lipinski definition) is 2. The molecule has 2 aliphatic rings. The molecule has 0 aromatic rings. The third-order valence-corrected chi connectivity index (χ3v) is 3.93. The lowest BCUT2D eigenvalue weighted by Crippen LogP contribution is -2.39. The van der Waals surface area contributed by atoms with Crippen molar-refractivity contribution in [1.82, 2.24) is 5.32 Å². The molecular formula is C11H19NO. The Morgan fingerprint density at radius 3 is 2.77 bits per heavy atom. The van der Waals surface area contributed by atoms with E-state index in [1.54, 1.807) is 6.92 Å². The predicted molar refractivity (Wildman–Crippen MR) is 52.5 cm³/mol. The molecule has 2 bridgehead atoms. The van der Waals surface area contributed by atoms with E-state index >= 15 is 0 Å². The van der Waals surface area contributed by atoms with Gasteiger partial charge in [-0.1, -0.05) is 13.8 Å². The number of carbonyl (C=O) groups excluding carboxylic acids is 1. The van der Waals surface area contributed by atoms with Crippen LogP contribution < -0.4 is 5.32 Å². The van der Waals surface area contributed by atoms with E-state index in [2.05, 4.69) is 19.2 Å². The van der Waals surface area contributed by atoms with E-state index in [9.17, 15) is 4.79 Å². The molecule has 1 aliphatic heterocycles. The minimum absolute atomic E-state index is 0.141. The van der Waals surface area contributed by atoms with Crippen LogP contribution in [0.1, 0.15) is 40.0 Å². The standard InChI is InChI=1S/C11H19NO/c1-7(13)10-9-6-8(12-10)4-5-11(9,2)3/h8-10,12H,4-6H2,1-3H3. The van der Waals surface area contributed by atoms with Gasteiger partial charge >= 0.3 is 0 Å². The third-order valence-electron chi connectivity index (χ3n) is 3.93. The van der Waals surface area contributed by atoms with Crippen molar-refractivity contribution in [2.45, 2.75) is 52.1 Å². The maximum Gasteiger partial charge on any atom is 0.146 e. The average Bonchev–Trinajstić information content (AvgIpc) is 2.40. The number of Topliss-reactive ketones (excluding diaryl/α,β-unsaturated/α-hetero) is 1. The lowest BCUT2D eigenvalue weighted by atomic mass is 9.67. The first-order valence-electron chi connectivity index (χ1n) is 5.27. The van der Waals surface area contributed by atoms with Gasteiger partial charge < -0.3 is 5.32 Å². The van der Waals surface area contributed by atoms with Gasteiger partial charge in [-0.3, -0.25) is 4.79 Å². The summed E-state index contributed by atoms with van der Waals surface area (Å²) in [6.45, 7) is 6.32. The first kappa shape index (κ1) is 9.20. The Balaban J connectivity index is 2.22. The fourth-order valence-corrected chi connectivity index (χ4v) is 2.98. The lowest BCUT2D eigenvalue weighted by Gasteiger charge is -2.36. The number of carbonyl (C=O) groups is 1. The molecule has 2 nitrogen and oxygen atoms in total. The summed E-state index contributed by atoms with van der Waals surface area (Å²) >= 11 is 0. The van der Waals surface area contributed by atoms with Gasteiger partial charge in [0.05, 0.1) is 6.04 Å². The molecule has 2 rings (SSSR count). The van der Waals surface area contributed by atoms with Crippen molar-refractivity contribution in [2.75, 3.05) is 0 Å². The largest absolute Gasteiger partial charge is 0.304 e. The van der Waals surface area contributed by atoms with Gasteiger partial charge in [0, 0.05) is 6.04 Å². The smallest absolute Gasteiger partial charge is 0.146 e. The Morgan fingerprint density at radius 2 is 2.15 bits per heavy atom. The number of hydrogen-bond donors (Lipinski definition) is 1. The molecule has 3 unspecified atom stereocenters. The second-order valence-electron chi connectivity index (χ2n) is 5.32. The fraction of sp³-hybridized carbons (Fsp3) is 0.909. The highest BCUT2D eigenvalue weighted by Gasteiger charge is 2.47. The van der Waals surface area contributed by atoms with Crippen molar-refractivity contribution in [1.29, 1.82) is 0 Å². The number of nitrogens with one attached hydrogen (secondary N) is 1. The van der Waals surface area contributed by atoms with Gasteiger partial charge in [0.15, 0.2) is 0 Å². The summed E-state index contributed by atoms with van der Waals surface area (Å²) in [5, 5.41) is 3.46. The molecule has 1 saturated carbocycles. The van der Waals surface area contributed by atoms with Crippen LogP contribution >= 0.6 is 0 Å². The minimum atomic E-state index is 0.141. The summed E-state index contributed by atoms with van der Waals surface area (Å²) in [7, 11) is 0. The summed E-state index contributed by atoms with van der Waals surface area (Å²) in [5.41, 5.74) is 0.357. The van der Waals surface area contributed by atoms with Gasteiger partial charge in [-0.25, -0.2) is 0 Å². The molecule has 0 aromatic heterocycles. The van der Waals surface area contributed by atoms with E-state index in [1.165, 1.54) is 19.3 Å². The molecule has 2 heteroatoms. The van der Waals surface area contributed by atoms with Gasteiger partial charge in [0.1, 0.15) is 5.78 Å². The van der Waals surface area contributed by atoms with Crippen LogP contribution in [0.5, 0.6) is 0 Å². The minimum Gasteiger partial charge on any atom is -0.304 e. The molecule has 0 amide bonds. The topological polar surface area (TPSA) is 29.1 Å². The molecule has 2 fully saturated rings. The van der Waals surface area contributed by atoms with Crippen molar-refractivity contribution in [3.63, 3.8) is 0 Å². The Labute approximate surface area is 80.1 Å². The maximum absolute atomic E-state index is 11.4. The lowest BCUT2D eigenvalue weighted by molar-refractivity contribution is -0.120. The zero-order valence-electron chi connectivity index (χ0n) is 8.76. The molecule has 3 atom stereocenters. The Bertz CT molecular complexity index is 234. The summed E-state index contributed by atoms with van der Waals surface area (Å²) in [4.78, 5) is 11.4. The van der Waals surface area contributed by atoms with Gasteiger partial charge in [-0.15, -0.1) is 0 Å². The molecule has 0 spiro atoms. The normalized spacial score (nSPS) is 41.9. The van der Waals surface area contributed by atoms with Crippen LogP contribution in [-0.2, 0) is 4.79 Å². The number of ketones is 1. The summed E-state index contributed by atoms with van der Waals surface area (Å²) in [5.74, 6) is 0.895.